The monoisotopic (exact) mass is 290 g/mol. The number of aromatic hydroxyl groups is 1. The number of aromatic nitrogens is 2. The summed E-state index contributed by atoms with van der Waals surface area (Å²) in [4.78, 5) is 20.4. The van der Waals surface area contributed by atoms with Gasteiger partial charge in [-0.2, -0.15) is 0 Å². The summed E-state index contributed by atoms with van der Waals surface area (Å²) < 4.78 is 0. The lowest BCUT2D eigenvalue weighted by atomic mass is 10.1. The van der Waals surface area contributed by atoms with Crippen LogP contribution in [-0.4, -0.2) is 26.2 Å². The average molecular weight is 290 g/mol. The molecular weight excluding hydrogens is 280 g/mol. The Balaban J connectivity index is 2.22. The molecule has 0 bridgehead atoms. The van der Waals surface area contributed by atoms with E-state index in [1.165, 1.54) is 6.07 Å². The Morgan fingerprint density at radius 1 is 0.909 bits per heavy atom. The van der Waals surface area contributed by atoms with Crippen LogP contribution in [0.15, 0.2) is 48.5 Å². The summed E-state index contributed by atoms with van der Waals surface area (Å²) >= 11 is 0. The van der Waals surface area contributed by atoms with Crippen LogP contribution in [0.5, 0.6) is 5.75 Å². The molecule has 0 unspecified atom stereocenters. The molecule has 0 aliphatic carbocycles. The highest BCUT2D eigenvalue weighted by molar-refractivity contribution is 6.09. The third-order valence-electron chi connectivity index (χ3n) is 3.67. The minimum absolute atomic E-state index is 0.115. The van der Waals surface area contributed by atoms with Gasteiger partial charge in [-0.15, -0.1) is 0 Å². The normalized spacial score (nSPS) is 11.3. The highest BCUT2D eigenvalue weighted by Gasteiger charge is 2.13. The first-order valence-corrected chi connectivity index (χ1v) is 6.69. The summed E-state index contributed by atoms with van der Waals surface area (Å²) in [6.45, 7) is 0. The number of hydrogen-bond donors (Lipinski definition) is 2. The topological polar surface area (TPSA) is 83.3 Å². The van der Waals surface area contributed by atoms with Gasteiger partial charge < -0.3 is 10.2 Å². The Morgan fingerprint density at radius 2 is 1.68 bits per heavy atom. The minimum atomic E-state index is -1.04. The first-order valence-electron chi connectivity index (χ1n) is 6.69. The molecule has 2 N–H and O–H groups in total. The number of phenols is 1. The maximum atomic E-state index is 11.4. The van der Waals surface area contributed by atoms with Crippen molar-refractivity contribution in [2.75, 3.05) is 0 Å². The van der Waals surface area contributed by atoms with Gasteiger partial charge in [0.2, 0.25) is 0 Å². The number of para-hydroxylation sites is 1. The van der Waals surface area contributed by atoms with Gasteiger partial charge in [0.1, 0.15) is 11.3 Å². The number of benzene rings is 3. The van der Waals surface area contributed by atoms with E-state index in [9.17, 15) is 15.0 Å². The molecule has 3 aromatic carbocycles. The number of nitrogens with zero attached hydrogens (tertiary/aromatic N) is 2. The van der Waals surface area contributed by atoms with Crippen LogP contribution in [0.3, 0.4) is 0 Å². The number of rotatable bonds is 1. The first kappa shape index (κ1) is 12.5. The molecule has 0 aliphatic heterocycles. The molecule has 5 heteroatoms. The van der Waals surface area contributed by atoms with Crippen molar-refractivity contribution < 1.29 is 15.0 Å². The summed E-state index contributed by atoms with van der Waals surface area (Å²) in [5.41, 5.74) is 2.23. The zero-order valence-corrected chi connectivity index (χ0v) is 11.3. The summed E-state index contributed by atoms with van der Waals surface area (Å²) in [5.74, 6) is -0.907. The Labute approximate surface area is 124 Å². The van der Waals surface area contributed by atoms with Crippen LogP contribution in [0.25, 0.3) is 32.8 Å². The van der Waals surface area contributed by atoms with Gasteiger partial charge in [0, 0.05) is 5.39 Å². The lowest BCUT2D eigenvalue weighted by Crippen LogP contribution is -2.00. The molecule has 0 saturated carbocycles. The molecule has 0 amide bonds. The molecule has 4 rings (SSSR count). The zero-order valence-electron chi connectivity index (χ0n) is 11.3. The van der Waals surface area contributed by atoms with Crippen LogP contribution in [0, 0.1) is 0 Å². The van der Waals surface area contributed by atoms with E-state index in [4.69, 9.17) is 0 Å². The Hall–Kier alpha value is -3.21. The summed E-state index contributed by atoms with van der Waals surface area (Å²) in [5, 5.41) is 20.7. The quantitative estimate of drug-likeness (QED) is 0.415. The number of phenolic OH excluding ortho intramolecular Hbond substituents is 1. The Morgan fingerprint density at radius 3 is 2.50 bits per heavy atom. The van der Waals surface area contributed by atoms with Crippen molar-refractivity contribution in [3.8, 4) is 5.75 Å². The van der Waals surface area contributed by atoms with Crippen molar-refractivity contribution in [3.63, 3.8) is 0 Å². The van der Waals surface area contributed by atoms with Crippen molar-refractivity contribution in [1.82, 2.24) is 9.97 Å². The lowest BCUT2D eigenvalue weighted by molar-refractivity contribution is 0.0699. The molecule has 0 atom stereocenters. The van der Waals surface area contributed by atoms with Crippen molar-refractivity contribution in [2.24, 2.45) is 0 Å². The lowest BCUT2D eigenvalue weighted by Gasteiger charge is -2.07. The Bertz CT molecular complexity index is 1070. The predicted octanol–water partition coefficient (Wildman–Crippen LogP) is 3.34. The molecule has 0 saturated heterocycles. The van der Waals surface area contributed by atoms with Gasteiger partial charge in [-0.3, -0.25) is 0 Å². The third kappa shape index (κ3) is 1.76. The van der Waals surface area contributed by atoms with Crippen LogP contribution in [0.4, 0.5) is 0 Å². The highest BCUT2D eigenvalue weighted by Crippen LogP contribution is 2.28. The van der Waals surface area contributed by atoms with Crippen LogP contribution < -0.4 is 0 Å². The van der Waals surface area contributed by atoms with E-state index in [1.54, 1.807) is 30.3 Å². The summed E-state index contributed by atoms with van der Waals surface area (Å²) in [6, 6.07) is 13.6. The molecule has 106 valence electrons. The summed E-state index contributed by atoms with van der Waals surface area (Å²) in [7, 11) is 0. The second-order valence-electron chi connectivity index (χ2n) is 5.04. The van der Waals surface area contributed by atoms with E-state index < -0.39 is 5.97 Å². The van der Waals surface area contributed by atoms with E-state index in [0.29, 0.717) is 22.1 Å². The van der Waals surface area contributed by atoms with Gasteiger partial charge in [-0.1, -0.05) is 18.2 Å². The number of carbonyl (C=O) groups is 1. The molecule has 5 nitrogen and oxygen atoms in total. The van der Waals surface area contributed by atoms with Gasteiger partial charge in [0.05, 0.1) is 22.1 Å². The van der Waals surface area contributed by atoms with Crippen LogP contribution in [0.2, 0.25) is 0 Å². The number of carboxylic acids is 1. The number of hydrogen-bond acceptors (Lipinski definition) is 4. The van der Waals surface area contributed by atoms with Gasteiger partial charge >= 0.3 is 5.97 Å². The SMILES string of the molecule is O=C(O)c1cccc2nc3ccc4ccc(O)cc4c3nc12. The molecular formula is C17H10N2O3. The largest absolute Gasteiger partial charge is 0.508 e. The maximum absolute atomic E-state index is 11.4. The van der Waals surface area contributed by atoms with Crippen LogP contribution in [0.1, 0.15) is 10.4 Å². The first-order chi connectivity index (χ1) is 10.6. The molecule has 1 aromatic heterocycles. The number of carboxylic acid groups (broad SMARTS) is 1. The molecule has 0 fully saturated rings. The summed E-state index contributed by atoms with van der Waals surface area (Å²) in [6.07, 6.45) is 0. The standard InChI is InChI=1S/C17H10N2O3/c20-10-6-4-9-5-7-14-16(12(9)8-10)19-15-11(17(21)22)2-1-3-13(15)18-14/h1-8,20H,(H,21,22). The molecule has 22 heavy (non-hydrogen) atoms. The van der Waals surface area contributed by atoms with E-state index in [0.717, 1.165) is 10.8 Å². The van der Waals surface area contributed by atoms with Crippen molar-refractivity contribution in [2.45, 2.75) is 0 Å². The Kier molecular flexibility index (Phi) is 2.50. The van der Waals surface area contributed by atoms with E-state index in [1.807, 2.05) is 12.1 Å². The van der Waals surface area contributed by atoms with Crippen LogP contribution >= 0.6 is 0 Å². The van der Waals surface area contributed by atoms with E-state index in [2.05, 4.69) is 9.97 Å². The maximum Gasteiger partial charge on any atom is 0.337 e. The molecule has 4 aromatic rings. The predicted molar refractivity (Wildman–Crippen MR) is 83.2 cm³/mol. The van der Waals surface area contributed by atoms with E-state index in [-0.39, 0.29) is 11.3 Å². The number of aromatic carboxylic acids is 1. The minimum Gasteiger partial charge on any atom is -0.508 e. The van der Waals surface area contributed by atoms with Crippen molar-refractivity contribution in [1.29, 1.82) is 0 Å². The van der Waals surface area contributed by atoms with Gasteiger partial charge in [0.15, 0.2) is 0 Å². The van der Waals surface area contributed by atoms with Crippen molar-refractivity contribution in [3.05, 3.63) is 54.1 Å². The second-order valence-corrected chi connectivity index (χ2v) is 5.04. The molecule has 0 aliphatic rings. The average Bonchev–Trinajstić information content (AvgIpc) is 2.52. The number of fused-ring (bicyclic) bond motifs is 4. The van der Waals surface area contributed by atoms with Crippen LogP contribution in [-0.2, 0) is 0 Å². The fourth-order valence-corrected chi connectivity index (χ4v) is 2.64. The van der Waals surface area contributed by atoms with Gasteiger partial charge in [0.25, 0.3) is 0 Å². The van der Waals surface area contributed by atoms with Gasteiger partial charge in [-0.05, 0) is 35.7 Å². The van der Waals surface area contributed by atoms with E-state index >= 15 is 0 Å². The third-order valence-corrected chi connectivity index (χ3v) is 3.67. The zero-order chi connectivity index (χ0) is 15.3. The molecule has 1 heterocycles. The fourth-order valence-electron chi connectivity index (χ4n) is 2.64. The molecule has 0 radical (unpaired) electrons. The fraction of sp³-hybridized carbons (Fsp3) is 0. The highest BCUT2D eigenvalue weighted by atomic mass is 16.4. The van der Waals surface area contributed by atoms with Crippen molar-refractivity contribution >= 4 is 38.8 Å². The molecule has 0 spiro atoms. The van der Waals surface area contributed by atoms with Gasteiger partial charge in [-0.25, -0.2) is 14.8 Å². The smallest absolute Gasteiger partial charge is 0.337 e. The second kappa shape index (κ2) is 4.39.